The van der Waals surface area contributed by atoms with Crippen molar-refractivity contribution in [3.05, 3.63) is 59.7 Å². The summed E-state index contributed by atoms with van der Waals surface area (Å²) in [5.74, 6) is 1.19. The molecule has 0 amide bonds. The Morgan fingerprint density at radius 2 is 1.96 bits per heavy atom. The molecule has 2 aromatic rings. The number of benzene rings is 2. The Labute approximate surface area is 142 Å². The van der Waals surface area contributed by atoms with Crippen LogP contribution in [0.4, 0.5) is 5.69 Å². The van der Waals surface area contributed by atoms with E-state index < -0.39 is 5.72 Å². The SMILES string of the molecule is Cc1cccc(N2C(=S)N[C@@H]3c4ccccc4O[C@]2(C)[C@@H]3C)c1. The lowest BCUT2D eigenvalue weighted by Gasteiger charge is -2.56. The summed E-state index contributed by atoms with van der Waals surface area (Å²) >= 11 is 5.70. The van der Waals surface area contributed by atoms with Crippen molar-refractivity contribution in [3.63, 3.8) is 0 Å². The molecule has 2 aliphatic heterocycles. The minimum absolute atomic E-state index is 0.179. The average Bonchev–Trinajstić information content (AvgIpc) is 2.50. The fourth-order valence-corrected chi connectivity index (χ4v) is 4.13. The standard InChI is InChI=1S/C19H20N2OS/c1-12-7-6-8-14(11-12)21-18(23)20-17-13(2)19(21,3)22-16-10-5-4-9-15(16)17/h4-11,13,17H,1-3H3,(H,20,23)/t13-,17+,19-/m1/s1. The number of hydrogen-bond acceptors (Lipinski definition) is 2. The van der Waals surface area contributed by atoms with Crippen molar-refractivity contribution in [1.82, 2.24) is 5.32 Å². The molecule has 4 rings (SSSR count). The van der Waals surface area contributed by atoms with Gasteiger partial charge in [0.05, 0.1) is 6.04 Å². The lowest BCUT2D eigenvalue weighted by molar-refractivity contribution is -0.00316. The monoisotopic (exact) mass is 324 g/mol. The highest BCUT2D eigenvalue weighted by Crippen LogP contribution is 2.48. The van der Waals surface area contributed by atoms with Crippen molar-refractivity contribution in [2.24, 2.45) is 5.92 Å². The number of hydrogen-bond donors (Lipinski definition) is 1. The van der Waals surface area contributed by atoms with Crippen molar-refractivity contribution in [3.8, 4) is 5.75 Å². The van der Waals surface area contributed by atoms with Gasteiger partial charge >= 0.3 is 0 Å². The van der Waals surface area contributed by atoms with Crippen LogP contribution in [0.2, 0.25) is 0 Å². The zero-order valence-electron chi connectivity index (χ0n) is 13.5. The largest absolute Gasteiger partial charge is 0.467 e. The molecular weight excluding hydrogens is 304 g/mol. The zero-order valence-corrected chi connectivity index (χ0v) is 14.4. The normalized spacial score (nSPS) is 28.7. The molecule has 2 heterocycles. The van der Waals surface area contributed by atoms with Gasteiger partial charge in [-0.2, -0.15) is 0 Å². The van der Waals surface area contributed by atoms with Gasteiger partial charge in [0.1, 0.15) is 5.75 Å². The van der Waals surface area contributed by atoms with E-state index in [0.29, 0.717) is 0 Å². The molecule has 0 unspecified atom stereocenters. The number of para-hydroxylation sites is 1. The second-order valence-corrected chi connectivity index (χ2v) is 6.97. The third kappa shape index (κ3) is 2.05. The van der Waals surface area contributed by atoms with Gasteiger partial charge in [-0.15, -0.1) is 0 Å². The number of rotatable bonds is 1. The third-order valence-corrected chi connectivity index (χ3v) is 5.40. The fraction of sp³-hybridized carbons (Fsp3) is 0.316. The predicted octanol–water partition coefficient (Wildman–Crippen LogP) is 4.18. The van der Waals surface area contributed by atoms with Gasteiger partial charge in [-0.25, -0.2) is 0 Å². The van der Waals surface area contributed by atoms with Crippen LogP contribution in [0.1, 0.15) is 31.0 Å². The van der Waals surface area contributed by atoms with E-state index >= 15 is 0 Å². The van der Waals surface area contributed by atoms with E-state index in [9.17, 15) is 0 Å². The molecule has 1 saturated heterocycles. The molecule has 2 bridgehead atoms. The molecule has 1 fully saturated rings. The molecule has 4 heteroatoms. The average molecular weight is 324 g/mol. The summed E-state index contributed by atoms with van der Waals surface area (Å²) in [7, 11) is 0. The van der Waals surface area contributed by atoms with Gasteiger partial charge in [-0.05, 0) is 49.8 Å². The zero-order chi connectivity index (χ0) is 16.2. The topological polar surface area (TPSA) is 24.5 Å². The van der Waals surface area contributed by atoms with Crippen LogP contribution in [-0.2, 0) is 0 Å². The van der Waals surface area contributed by atoms with Crippen molar-refractivity contribution in [1.29, 1.82) is 0 Å². The molecule has 23 heavy (non-hydrogen) atoms. The van der Waals surface area contributed by atoms with E-state index in [1.54, 1.807) is 0 Å². The van der Waals surface area contributed by atoms with Gasteiger partial charge in [0.2, 0.25) is 0 Å². The summed E-state index contributed by atoms with van der Waals surface area (Å²) in [4.78, 5) is 2.12. The lowest BCUT2D eigenvalue weighted by Crippen LogP contribution is -2.69. The Bertz CT molecular complexity index is 790. The summed E-state index contributed by atoms with van der Waals surface area (Å²) in [5, 5.41) is 4.24. The molecule has 0 saturated carbocycles. The maximum Gasteiger partial charge on any atom is 0.190 e. The molecule has 118 valence electrons. The molecule has 2 aliphatic rings. The lowest BCUT2D eigenvalue weighted by atomic mass is 9.80. The maximum absolute atomic E-state index is 6.48. The van der Waals surface area contributed by atoms with Crippen molar-refractivity contribution < 1.29 is 4.74 Å². The molecule has 2 aromatic carbocycles. The number of aryl methyl sites for hydroxylation is 1. The highest BCUT2D eigenvalue weighted by molar-refractivity contribution is 7.80. The Kier molecular flexibility index (Phi) is 3.13. The summed E-state index contributed by atoms with van der Waals surface area (Å²) in [6.45, 7) is 6.45. The van der Waals surface area contributed by atoms with Crippen LogP contribution in [0, 0.1) is 12.8 Å². The highest BCUT2D eigenvalue weighted by Gasteiger charge is 2.53. The number of nitrogens with zero attached hydrogens (tertiary/aromatic N) is 1. The molecule has 3 nitrogen and oxygen atoms in total. The third-order valence-electron chi connectivity index (χ3n) is 5.10. The number of nitrogens with one attached hydrogen (secondary N) is 1. The number of anilines is 1. The summed E-state index contributed by atoms with van der Waals surface area (Å²) < 4.78 is 6.48. The van der Waals surface area contributed by atoms with Gasteiger partial charge in [-0.1, -0.05) is 37.3 Å². The highest BCUT2D eigenvalue weighted by atomic mass is 32.1. The quantitative estimate of drug-likeness (QED) is 0.796. The Morgan fingerprint density at radius 3 is 2.74 bits per heavy atom. The van der Waals surface area contributed by atoms with E-state index in [1.165, 1.54) is 11.1 Å². The van der Waals surface area contributed by atoms with Crippen LogP contribution in [0.25, 0.3) is 0 Å². The van der Waals surface area contributed by atoms with Crippen LogP contribution in [0.3, 0.4) is 0 Å². The van der Waals surface area contributed by atoms with E-state index in [-0.39, 0.29) is 12.0 Å². The van der Waals surface area contributed by atoms with Crippen molar-refractivity contribution in [2.45, 2.75) is 32.5 Å². The Morgan fingerprint density at radius 1 is 1.17 bits per heavy atom. The predicted molar refractivity (Wildman–Crippen MR) is 96.8 cm³/mol. The number of thiocarbonyl (C=S) groups is 1. The smallest absolute Gasteiger partial charge is 0.190 e. The molecule has 1 N–H and O–H groups in total. The Balaban J connectivity index is 1.87. The first-order chi connectivity index (χ1) is 11.0. The van der Waals surface area contributed by atoms with Crippen molar-refractivity contribution >= 4 is 23.0 Å². The van der Waals surface area contributed by atoms with Crippen LogP contribution >= 0.6 is 12.2 Å². The van der Waals surface area contributed by atoms with Crippen LogP contribution in [0.5, 0.6) is 5.75 Å². The summed E-state index contributed by atoms with van der Waals surface area (Å²) in [6.07, 6.45) is 0. The second-order valence-electron chi connectivity index (χ2n) is 6.58. The van der Waals surface area contributed by atoms with Crippen LogP contribution in [-0.4, -0.2) is 10.8 Å². The first-order valence-corrected chi connectivity index (χ1v) is 8.37. The molecule has 0 radical (unpaired) electrons. The second kappa shape index (κ2) is 4.96. The van der Waals surface area contributed by atoms with E-state index in [4.69, 9.17) is 17.0 Å². The van der Waals surface area contributed by atoms with Gasteiger partial charge < -0.3 is 10.1 Å². The first kappa shape index (κ1) is 14.5. The first-order valence-electron chi connectivity index (χ1n) is 7.96. The minimum atomic E-state index is -0.505. The summed E-state index contributed by atoms with van der Waals surface area (Å²) in [5.41, 5.74) is 2.95. The van der Waals surface area contributed by atoms with Gasteiger partial charge in [-0.3, -0.25) is 4.90 Å². The van der Waals surface area contributed by atoms with Gasteiger partial charge in [0.15, 0.2) is 10.8 Å². The maximum atomic E-state index is 6.48. The van der Waals surface area contributed by atoms with Crippen molar-refractivity contribution in [2.75, 3.05) is 4.90 Å². The van der Waals surface area contributed by atoms with Crippen LogP contribution < -0.4 is 15.0 Å². The van der Waals surface area contributed by atoms with E-state index in [1.807, 2.05) is 12.1 Å². The fourth-order valence-electron chi connectivity index (χ4n) is 3.72. The summed E-state index contributed by atoms with van der Waals surface area (Å²) in [6, 6.07) is 16.8. The number of ether oxygens (including phenoxy) is 1. The molecular formula is C19H20N2OS. The molecule has 0 aromatic heterocycles. The van der Waals surface area contributed by atoms with Gasteiger partial charge in [0.25, 0.3) is 0 Å². The Hall–Kier alpha value is -2.07. The van der Waals surface area contributed by atoms with Crippen LogP contribution in [0.15, 0.2) is 48.5 Å². The van der Waals surface area contributed by atoms with E-state index in [2.05, 4.69) is 67.4 Å². The minimum Gasteiger partial charge on any atom is -0.467 e. The molecule has 0 spiro atoms. The van der Waals surface area contributed by atoms with Gasteiger partial charge in [0, 0.05) is 17.2 Å². The molecule has 3 atom stereocenters. The van der Waals surface area contributed by atoms with E-state index in [0.717, 1.165) is 16.5 Å². The molecule has 0 aliphatic carbocycles. The number of fused-ring (bicyclic) bond motifs is 4.